The number of benzene rings is 2. The summed E-state index contributed by atoms with van der Waals surface area (Å²) in [5.74, 6) is -3.83. The van der Waals surface area contributed by atoms with Gasteiger partial charge in [0.1, 0.15) is 5.75 Å². The number of cyclic esters (lactones) is 1. The molecule has 2 aliphatic rings. The van der Waals surface area contributed by atoms with Crippen LogP contribution in [0.15, 0.2) is 36.4 Å². The predicted molar refractivity (Wildman–Crippen MR) is 86.9 cm³/mol. The van der Waals surface area contributed by atoms with Crippen molar-refractivity contribution < 1.29 is 28.6 Å². The van der Waals surface area contributed by atoms with Gasteiger partial charge in [0.25, 0.3) is 0 Å². The molecule has 0 saturated carbocycles. The molecule has 0 unspecified atom stereocenters. The minimum Gasteiger partial charge on any atom is -0.468 e. The molecule has 0 aromatic heterocycles. The van der Waals surface area contributed by atoms with Gasteiger partial charge in [0, 0.05) is 11.5 Å². The molecule has 0 bridgehead atoms. The summed E-state index contributed by atoms with van der Waals surface area (Å²) in [6.07, 6.45) is 0.451. The SMILES string of the molecule is COC(=O)[C@H]1C(=O)Oc2ccc3ccccc3c2[C@@H]1[C@@H]1CCOC1=O. The van der Waals surface area contributed by atoms with Crippen molar-refractivity contribution in [3.63, 3.8) is 0 Å². The minimum absolute atomic E-state index is 0.281. The van der Waals surface area contributed by atoms with E-state index in [9.17, 15) is 14.4 Å². The van der Waals surface area contributed by atoms with Crippen molar-refractivity contribution in [3.05, 3.63) is 42.0 Å². The molecule has 4 rings (SSSR count). The van der Waals surface area contributed by atoms with Crippen LogP contribution in [0.3, 0.4) is 0 Å². The van der Waals surface area contributed by atoms with Gasteiger partial charge in [0.05, 0.1) is 19.6 Å². The molecule has 0 N–H and O–H groups in total. The van der Waals surface area contributed by atoms with E-state index in [0.717, 1.165) is 10.8 Å². The molecule has 3 atom stereocenters. The molecule has 0 amide bonds. The maximum atomic E-state index is 12.5. The van der Waals surface area contributed by atoms with Gasteiger partial charge < -0.3 is 14.2 Å². The fourth-order valence-corrected chi connectivity index (χ4v) is 3.83. The lowest BCUT2D eigenvalue weighted by Gasteiger charge is -2.33. The molecule has 1 saturated heterocycles. The Morgan fingerprint density at radius 1 is 1.12 bits per heavy atom. The number of carbonyl (C=O) groups is 3. The fraction of sp³-hybridized carbons (Fsp3) is 0.316. The third kappa shape index (κ3) is 2.36. The Balaban J connectivity index is 1.98. The number of rotatable bonds is 2. The molecule has 0 aliphatic carbocycles. The van der Waals surface area contributed by atoms with Crippen molar-refractivity contribution >= 4 is 28.7 Å². The minimum atomic E-state index is -1.18. The van der Waals surface area contributed by atoms with E-state index in [0.29, 0.717) is 17.7 Å². The van der Waals surface area contributed by atoms with E-state index >= 15 is 0 Å². The first-order valence-electron chi connectivity index (χ1n) is 8.09. The number of fused-ring (bicyclic) bond motifs is 3. The summed E-state index contributed by atoms with van der Waals surface area (Å²) in [6, 6.07) is 11.2. The van der Waals surface area contributed by atoms with E-state index < -0.39 is 35.7 Å². The molecular formula is C19H16O6. The summed E-state index contributed by atoms with van der Waals surface area (Å²) in [4.78, 5) is 37.1. The zero-order valence-electron chi connectivity index (χ0n) is 13.6. The summed E-state index contributed by atoms with van der Waals surface area (Å²) in [5, 5.41) is 1.80. The molecule has 0 spiro atoms. The van der Waals surface area contributed by atoms with Crippen LogP contribution in [-0.4, -0.2) is 31.6 Å². The first kappa shape index (κ1) is 15.6. The molecule has 2 aromatic carbocycles. The molecule has 0 radical (unpaired) electrons. The molecule has 2 heterocycles. The van der Waals surface area contributed by atoms with Crippen molar-refractivity contribution in [2.75, 3.05) is 13.7 Å². The zero-order valence-corrected chi connectivity index (χ0v) is 13.6. The van der Waals surface area contributed by atoms with Crippen LogP contribution in [-0.2, 0) is 23.9 Å². The Morgan fingerprint density at radius 2 is 1.92 bits per heavy atom. The van der Waals surface area contributed by atoms with Gasteiger partial charge in [-0.15, -0.1) is 0 Å². The molecule has 6 heteroatoms. The van der Waals surface area contributed by atoms with Gasteiger partial charge in [-0.1, -0.05) is 30.3 Å². The summed E-state index contributed by atoms with van der Waals surface area (Å²) < 4.78 is 15.3. The summed E-state index contributed by atoms with van der Waals surface area (Å²) in [6.45, 7) is 0.281. The Labute approximate surface area is 143 Å². The number of carbonyl (C=O) groups excluding carboxylic acids is 3. The van der Waals surface area contributed by atoms with Crippen LogP contribution in [0.4, 0.5) is 0 Å². The first-order valence-corrected chi connectivity index (χ1v) is 8.09. The van der Waals surface area contributed by atoms with Crippen molar-refractivity contribution in [2.45, 2.75) is 12.3 Å². The lowest BCUT2D eigenvalue weighted by Crippen LogP contribution is -2.42. The van der Waals surface area contributed by atoms with Gasteiger partial charge in [-0.25, -0.2) is 0 Å². The lowest BCUT2D eigenvalue weighted by atomic mass is 9.73. The van der Waals surface area contributed by atoms with Crippen molar-refractivity contribution in [3.8, 4) is 5.75 Å². The molecular weight excluding hydrogens is 324 g/mol. The number of esters is 3. The fourth-order valence-electron chi connectivity index (χ4n) is 3.83. The molecule has 25 heavy (non-hydrogen) atoms. The van der Waals surface area contributed by atoms with Crippen LogP contribution in [0, 0.1) is 11.8 Å². The van der Waals surface area contributed by atoms with Gasteiger partial charge >= 0.3 is 17.9 Å². The van der Waals surface area contributed by atoms with Crippen LogP contribution in [0.5, 0.6) is 5.75 Å². The standard InChI is InChI=1S/C19H16O6/c1-23-18(21)16-15(12-8-9-24-17(12)20)14-11-5-3-2-4-10(11)6-7-13(14)25-19(16)22/h2-7,12,15-16H,8-9H2,1H3/t12-,15-,16-/m0/s1. The summed E-state index contributed by atoms with van der Waals surface area (Å²) >= 11 is 0. The Bertz CT molecular complexity index is 887. The Kier molecular flexibility index (Phi) is 3.67. The van der Waals surface area contributed by atoms with Crippen LogP contribution < -0.4 is 4.74 Å². The van der Waals surface area contributed by atoms with E-state index in [4.69, 9.17) is 14.2 Å². The maximum Gasteiger partial charge on any atom is 0.326 e. The first-order chi connectivity index (χ1) is 12.1. The maximum absolute atomic E-state index is 12.5. The van der Waals surface area contributed by atoms with E-state index in [1.54, 1.807) is 6.07 Å². The zero-order chi connectivity index (χ0) is 17.6. The average Bonchev–Trinajstić information content (AvgIpc) is 3.05. The average molecular weight is 340 g/mol. The highest BCUT2D eigenvalue weighted by molar-refractivity contribution is 6.02. The van der Waals surface area contributed by atoms with Gasteiger partial charge in [-0.3, -0.25) is 14.4 Å². The smallest absolute Gasteiger partial charge is 0.326 e. The monoisotopic (exact) mass is 340 g/mol. The second-order valence-electron chi connectivity index (χ2n) is 6.21. The summed E-state index contributed by atoms with van der Waals surface area (Å²) in [7, 11) is 1.22. The molecule has 2 aliphatic heterocycles. The van der Waals surface area contributed by atoms with Gasteiger partial charge in [-0.05, 0) is 23.3 Å². The molecule has 128 valence electrons. The highest BCUT2D eigenvalue weighted by atomic mass is 16.6. The highest BCUT2D eigenvalue weighted by Gasteiger charge is 2.51. The highest BCUT2D eigenvalue weighted by Crippen LogP contribution is 2.48. The predicted octanol–water partition coefficient (Wildman–Crippen LogP) is 2.19. The Hall–Kier alpha value is -2.89. The van der Waals surface area contributed by atoms with Crippen molar-refractivity contribution in [2.24, 2.45) is 11.8 Å². The van der Waals surface area contributed by atoms with Crippen LogP contribution in [0.2, 0.25) is 0 Å². The number of hydrogen-bond donors (Lipinski definition) is 0. The normalized spacial score (nSPS) is 25.2. The van der Waals surface area contributed by atoms with Crippen molar-refractivity contribution in [1.29, 1.82) is 0 Å². The summed E-state index contributed by atoms with van der Waals surface area (Å²) in [5.41, 5.74) is 0.692. The second-order valence-corrected chi connectivity index (χ2v) is 6.21. The van der Waals surface area contributed by atoms with Gasteiger partial charge in [0.2, 0.25) is 0 Å². The Morgan fingerprint density at radius 3 is 2.64 bits per heavy atom. The third-order valence-electron chi connectivity index (χ3n) is 4.95. The quantitative estimate of drug-likeness (QED) is 0.474. The van der Waals surface area contributed by atoms with Crippen LogP contribution in [0.25, 0.3) is 10.8 Å². The lowest BCUT2D eigenvalue weighted by molar-refractivity contribution is -0.159. The molecule has 2 aromatic rings. The van der Waals surface area contributed by atoms with E-state index in [-0.39, 0.29) is 6.61 Å². The van der Waals surface area contributed by atoms with Gasteiger partial charge in [-0.2, -0.15) is 0 Å². The van der Waals surface area contributed by atoms with E-state index in [2.05, 4.69) is 0 Å². The van der Waals surface area contributed by atoms with Crippen LogP contribution >= 0.6 is 0 Å². The second kappa shape index (κ2) is 5.88. The van der Waals surface area contributed by atoms with Gasteiger partial charge in [0.15, 0.2) is 5.92 Å². The topological polar surface area (TPSA) is 78.9 Å². The third-order valence-corrected chi connectivity index (χ3v) is 4.95. The molecule has 6 nitrogen and oxygen atoms in total. The largest absolute Gasteiger partial charge is 0.468 e. The number of hydrogen-bond acceptors (Lipinski definition) is 6. The van der Waals surface area contributed by atoms with Crippen molar-refractivity contribution in [1.82, 2.24) is 0 Å². The molecule has 1 fully saturated rings. The van der Waals surface area contributed by atoms with E-state index in [1.165, 1.54) is 7.11 Å². The number of ether oxygens (including phenoxy) is 3. The van der Waals surface area contributed by atoms with Crippen LogP contribution in [0.1, 0.15) is 17.9 Å². The number of methoxy groups -OCH3 is 1. The van der Waals surface area contributed by atoms with E-state index in [1.807, 2.05) is 30.3 Å².